The van der Waals surface area contributed by atoms with Crippen LogP contribution in [0.4, 0.5) is 4.79 Å². The number of carbonyl (C=O) groups is 2. The second-order valence-electron chi connectivity index (χ2n) is 8.23. The number of rotatable bonds is 7. The molecular formula is C29H22BrNO3S. The minimum Gasteiger partial charge on any atom is -0.488 e. The van der Waals surface area contributed by atoms with E-state index in [4.69, 9.17) is 4.74 Å². The monoisotopic (exact) mass is 543 g/mol. The highest BCUT2D eigenvalue weighted by Gasteiger charge is 2.34. The Morgan fingerprint density at radius 3 is 2.40 bits per heavy atom. The van der Waals surface area contributed by atoms with Crippen LogP contribution in [0, 0.1) is 0 Å². The average Bonchev–Trinajstić information content (AvgIpc) is 3.14. The maximum atomic E-state index is 12.8. The topological polar surface area (TPSA) is 46.6 Å². The van der Waals surface area contributed by atoms with Crippen molar-refractivity contribution < 1.29 is 14.3 Å². The molecule has 0 radical (unpaired) electrons. The zero-order valence-corrected chi connectivity index (χ0v) is 21.2. The van der Waals surface area contributed by atoms with Gasteiger partial charge in [-0.25, -0.2) is 0 Å². The Kier molecular flexibility index (Phi) is 7.02. The van der Waals surface area contributed by atoms with Gasteiger partial charge in [0.2, 0.25) is 0 Å². The third kappa shape index (κ3) is 5.50. The minimum absolute atomic E-state index is 0.230. The zero-order valence-electron chi connectivity index (χ0n) is 18.8. The molecule has 0 aromatic heterocycles. The molecule has 0 saturated carbocycles. The molecule has 1 saturated heterocycles. The van der Waals surface area contributed by atoms with Crippen LogP contribution < -0.4 is 4.74 Å². The van der Waals surface area contributed by atoms with Gasteiger partial charge >= 0.3 is 0 Å². The summed E-state index contributed by atoms with van der Waals surface area (Å²) in [5, 5.41) is 2.15. The highest BCUT2D eigenvalue weighted by atomic mass is 79.9. The van der Waals surface area contributed by atoms with Crippen molar-refractivity contribution in [2.75, 3.05) is 6.54 Å². The van der Waals surface area contributed by atoms with Crippen LogP contribution in [0.5, 0.6) is 5.75 Å². The third-order valence-electron chi connectivity index (χ3n) is 5.80. The van der Waals surface area contributed by atoms with Crippen molar-refractivity contribution in [3.63, 3.8) is 0 Å². The number of hydrogen-bond donors (Lipinski definition) is 0. The van der Waals surface area contributed by atoms with Crippen LogP contribution in [0.1, 0.15) is 16.7 Å². The van der Waals surface area contributed by atoms with Crippen LogP contribution in [-0.4, -0.2) is 22.6 Å². The van der Waals surface area contributed by atoms with E-state index in [2.05, 4.69) is 46.3 Å². The lowest BCUT2D eigenvalue weighted by molar-refractivity contribution is -0.122. The molecule has 2 amide bonds. The van der Waals surface area contributed by atoms with Gasteiger partial charge in [-0.15, -0.1) is 0 Å². The summed E-state index contributed by atoms with van der Waals surface area (Å²) in [6, 6.07) is 30.0. The van der Waals surface area contributed by atoms with Crippen molar-refractivity contribution in [1.82, 2.24) is 4.90 Å². The molecule has 4 nitrogen and oxygen atoms in total. The number of carbonyl (C=O) groups excluding carboxylic acids is 2. The number of thioether (sulfide) groups is 1. The fourth-order valence-corrected chi connectivity index (χ4v) is 5.32. The Morgan fingerprint density at radius 1 is 0.829 bits per heavy atom. The molecule has 1 aliphatic rings. The Labute approximate surface area is 216 Å². The van der Waals surface area contributed by atoms with Gasteiger partial charge in [0.15, 0.2) is 0 Å². The average molecular weight is 544 g/mol. The highest BCUT2D eigenvalue weighted by molar-refractivity contribution is 9.10. The molecule has 174 valence electrons. The van der Waals surface area contributed by atoms with Gasteiger partial charge in [-0.05, 0) is 85.9 Å². The van der Waals surface area contributed by atoms with Crippen LogP contribution in [0.2, 0.25) is 0 Å². The fraction of sp³-hybridized carbons (Fsp3) is 0.103. The third-order valence-corrected chi connectivity index (χ3v) is 7.33. The number of imide groups is 1. The first kappa shape index (κ1) is 23.4. The first-order valence-electron chi connectivity index (χ1n) is 11.3. The zero-order chi connectivity index (χ0) is 24.2. The van der Waals surface area contributed by atoms with Gasteiger partial charge in [-0.1, -0.05) is 72.8 Å². The lowest BCUT2D eigenvalue weighted by Gasteiger charge is -2.12. The van der Waals surface area contributed by atoms with Crippen LogP contribution in [0.15, 0.2) is 100 Å². The van der Waals surface area contributed by atoms with E-state index in [1.807, 2.05) is 60.7 Å². The van der Waals surface area contributed by atoms with Crippen LogP contribution >= 0.6 is 27.7 Å². The summed E-state index contributed by atoms with van der Waals surface area (Å²) < 4.78 is 6.81. The molecule has 0 atom stereocenters. The predicted molar refractivity (Wildman–Crippen MR) is 145 cm³/mol. The number of halogens is 1. The number of ether oxygens (including phenoxy) is 1. The molecule has 1 fully saturated rings. The molecule has 1 aliphatic heterocycles. The summed E-state index contributed by atoms with van der Waals surface area (Å²) in [7, 11) is 0. The van der Waals surface area contributed by atoms with Gasteiger partial charge in [0.25, 0.3) is 11.1 Å². The SMILES string of the molecule is O=C1S/C(=C\c2ccc(OCc3ccc4ccccc4c3)c(Br)c2)C(=O)N1CCc1ccccc1. The standard InChI is InChI=1S/C29H22BrNO3S/c30-25-17-21(11-13-26(25)34-19-22-10-12-23-8-4-5-9-24(23)16-22)18-27-28(32)31(29(33)35-27)15-14-20-6-2-1-3-7-20/h1-13,16-18H,14-15,19H2/b27-18-. The molecule has 0 spiro atoms. The van der Waals surface area contributed by atoms with E-state index in [0.717, 1.165) is 32.9 Å². The van der Waals surface area contributed by atoms with Gasteiger partial charge in [0, 0.05) is 6.54 Å². The van der Waals surface area contributed by atoms with E-state index in [-0.39, 0.29) is 11.1 Å². The minimum atomic E-state index is -0.247. The number of amides is 2. The number of benzene rings is 4. The number of fused-ring (bicyclic) bond motifs is 1. The van der Waals surface area contributed by atoms with Gasteiger partial charge in [-0.2, -0.15) is 0 Å². The molecule has 4 aromatic rings. The highest BCUT2D eigenvalue weighted by Crippen LogP contribution is 2.34. The summed E-state index contributed by atoms with van der Waals surface area (Å²) in [4.78, 5) is 27.0. The smallest absolute Gasteiger partial charge is 0.293 e. The lowest BCUT2D eigenvalue weighted by atomic mass is 10.1. The molecule has 0 N–H and O–H groups in total. The van der Waals surface area contributed by atoms with Gasteiger partial charge in [0.1, 0.15) is 12.4 Å². The van der Waals surface area contributed by atoms with E-state index in [1.165, 1.54) is 15.7 Å². The Morgan fingerprint density at radius 2 is 1.60 bits per heavy atom. The largest absolute Gasteiger partial charge is 0.488 e. The van der Waals surface area contributed by atoms with Crippen LogP contribution in [0.3, 0.4) is 0 Å². The normalized spacial score (nSPS) is 14.8. The van der Waals surface area contributed by atoms with E-state index in [1.54, 1.807) is 6.08 Å². The van der Waals surface area contributed by atoms with E-state index < -0.39 is 0 Å². The Bertz CT molecular complexity index is 1430. The molecule has 6 heteroatoms. The Hall–Kier alpha value is -3.35. The molecule has 5 rings (SSSR count). The first-order chi connectivity index (χ1) is 17.1. The molecule has 1 heterocycles. The Balaban J connectivity index is 1.24. The summed E-state index contributed by atoms with van der Waals surface area (Å²) in [6.45, 7) is 0.820. The molecule has 0 aliphatic carbocycles. The van der Waals surface area contributed by atoms with E-state index >= 15 is 0 Å². The second-order valence-corrected chi connectivity index (χ2v) is 10.1. The van der Waals surface area contributed by atoms with Gasteiger partial charge in [0.05, 0.1) is 9.38 Å². The molecule has 35 heavy (non-hydrogen) atoms. The maximum Gasteiger partial charge on any atom is 0.293 e. The fourth-order valence-electron chi connectivity index (χ4n) is 3.94. The first-order valence-corrected chi connectivity index (χ1v) is 12.9. The summed E-state index contributed by atoms with van der Waals surface area (Å²) in [5.41, 5.74) is 3.01. The van der Waals surface area contributed by atoms with Crippen LogP contribution in [0.25, 0.3) is 16.8 Å². The molecule has 0 bridgehead atoms. The second kappa shape index (κ2) is 10.5. The van der Waals surface area contributed by atoms with Crippen molar-refractivity contribution in [2.24, 2.45) is 0 Å². The predicted octanol–water partition coefficient (Wildman–Crippen LogP) is 7.46. The summed E-state index contributed by atoms with van der Waals surface area (Å²) in [6.07, 6.45) is 2.40. The van der Waals surface area contributed by atoms with Crippen molar-refractivity contribution in [3.05, 3.63) is 117 Å². The van der Waals surface area contributed by atoms with Gasteiger partial charge < -0.3 is 4.74 Å². The van der Waals surface area contributed by atoms with E-state index in [9.17, 15) is 9.59 Å². The van der Waals surface area contributed by atoms with Crippen molar-refractivity contribution in [1.29, 1.82) is 0 Å². The van der Waals surface area contributed by atoms with Crippen molar-refractivity contribution >= 4 is 55.7 Å². The number of hydrogen-bond acceptors (Lipinski definition) is 4. The summed E-state index contributed by atoms with van der Waals surface area (Å²) in [5.74, 6) is 0.468. The number of nitrogens with zero attached hydrogens (tertiary/aromatic N) is 1. The molecule has 4 aromatic carbocycles. The molecular weight excluding hydrogens is 522 g/mol. The van der Waals surface area contributed by atoms with Crippen LogP contribution in [-0.2, 0) is 17.8 Å². The summed E-state index contributed by atoms with van der Waals surface area (Å²) >= 11 is 4.56. The molecule has 0 unspecified atom stereocenters. The van der Waals surface area contributed by atoms with Crippen molar-refractivity contribution in [2.45, 2.75) is 13.0 Å². The van der Waals surface area contributed by atoms with Crippen molar-refractivity contribution in [3.8, 4) is 5.75 Å². The lowest BCUT2D eigenvalue weighted by Crippen LogP contribution is -2.30. The quantitative estimate of drug-likeness (QED) is 0.227. The van der Waals surface area contributed by atoms with E-state index in [0.29, 0.717) is 30.2 Å². The van der Waals surface area contributed by atoms with Gasteiger partial charge in [-0.3, -0.25) is 14.5 Å². The maximum absolute atomic E-state index is 12.8.